The van der Waals surface area contributed by atoms with Crippen molar-refractivity contribution >= 4 is 32.7 Å². The Bertz CT molecular complexity index is 1250. The zero-order chi connectivity index (χ0) is 22.5. The number of nitrogens with one attached hydrogen (secondary N) is 1. The van der Waals surface area contributed by atoms with Crippen molar-refractivity contribution in [2.24, 2.45) is 0 Å². The quantitative estimate of drug-likeness (QED) is 0.432. The van der Waals surface area contributed by atoms with E-state index in [1.54, 1.807) is 37.5 Å². The molecule has 2 aromatic carbocycles. The summed E-state index contributed by atoms with van der Waals surface area (Å²) >= 11 is 3.25. The van der Waals surface area contributed by atoms with Crippen LogP contribution in [0.4, 0.5) is 10.1 Å². The lowest BCUT2D eigenvalue weighted by atomic mass is 9.97. The van der Waals surface area contributed by atoms with E-state index < -0.39 is 5.54 Å². The van der Waals surface area contributed by atoms with Crippen LogP contribution >= 0.6 is 15.9 Å². The van der Waals surface area contributed by atoms with Gasteiger partial charge in [-0.25, -0.2) is 9.37 Å². The Morgan fingerprint density at radius 1 is 1.16 bits per heavy atom. The molecule has 32 heavy (non-hydrogen) atoms. The molecule has 166 valence electrons. The largest absolute Gasteiger partial charge is 0.493 e. The lowest BCUT2D eigenvalue weighted by Gasteiger charge is -2.37. The fourth-order valence-electron chi connectivity index (χ4n) is 4.49. The molecule has 10 heteroatoms. The van der Waals surface area contributed by atoms with E-state index >= 15 is 0 Å². The zero-order valence-corrected chi connectivity index (χ0v) is 19.5. The third kappa shape index (κ3) is 3.12. The number of benzene rings is 2. The number of aromatic amines is 1. The minimum Gasteiger partial charge on any atom is -0.493 e. The molecule has 1 aliphatic rings. The first kappa shape index (κ1) is 20.7. The monoisotopic (exact) mass is 500 g/mol. The van der Waals surface area contributed by atoms with Crippen LogP contribution in [0.25, 0.3) is 16.7 Å². The van der Waals surface area contributed by atoms with Crippen molar-refractivity contribution < 1.29 is 13.9 Å². The first-order valence-corrected chi connectivity index (χ1v) is 11.0. The molecule has 0 spiro atoms. The molecule has 1 fully saturated rings. The Balaban J connectivity index is 1.71. The first-order valence-electron chi connectivity index (χ1n) is 10.2. The third-order valence-corrected chi connectivity index (χ3v) is 6.69. The minimum atomic E-state index is -0.497. The topological polar surface area (TPSA) is 81.1 Å². The van der Waals surface area contributed by atoms with Crippen LogP contribution in [-0.2, 0) is 5.54 Å². The number of nitrogens with zero attached hydrogens (tertiary/aromatic N) is 5. The van der Waals surface area contributed by atoms with E-state index in [0.29, 0.717) is 27.0 Å². The number of halogens is 2. The number of methoxy groups -OCH3 is 2. The van der Waals surface area contributed by atoms with E-state index in [0.717, 1.165) is 36.6 Å². The fourth-order valence-corrected chi connectivity index (χ4v) is 4.82. The number of anilines is 1. The molecule has 1 aliphatic heterocycles. The van der Waals surface area contributed by atoms with Gasteiger partial charge >= 0.3 is 0 Å². The maximum atomic E-state index is 14.1. The first-order chi connectivity index (χ1) is 15.5. The second-order valence-electron chi connectivity index (χ2n) is 7.89. The van der Waals surface area contributed by atoms with Gasteiger partial charge in [0.2, 0.25) is 0 Å². The van der Waals surface area contributed by atoms with Gasteiger partial charge in [-0.1, -0.05) is 0 Å². The molecular weight excluding hydrogens is 479 g/mol. The highest BCUT2D eigenvalue weighted by atomic mass is 79.9. The Kier molecular flexibility index (Phi) is 5.04. The van der Waals surface area contributed by atoms with E-state index in [1.807, 2.05) is 12.1 Å². The normalized spacial score (nSPS) is 18.5. The van der Waals surface area contributed by atoms with E-state index in [9.17, 15) is 4.39 Å². The standard InChI is InChI=1S/C22H22BrFN6O2/c1-22(21-27-15-11-13(23)14(24)12-16(15)28-21)7-4-10-29(22)19-17(30-25-8-9-26-30)5-6-18(31-2)20(19)32-3/h5-6,8-9,11-12H,4,7,10H2,1-3H3,(H,27,28)/t22-/m0/s1. The van der Waals surface area contributed by atoms with Crippen molar-refractivity contribution in [3.63, 3.8) is 0 Å². The van der Waals surface area contributed by atoms with Crippen molar-refractivity contribution in [3.05, 3.63) is 52.8 Å². The molecule has 4 aromatic rings. The summed E-state index contributed by atoms with van der Waals surface area (Å²) in [5.41, 5.74) is 2.44. The van der Waals surface area contributed by atoms with Crippen LogP contribution in [0.3, 0.4) is 0 Å². The number of ether oxygens (including phenoxy) is 2. The summed E-state index contributed by atoms with van der Waals surface area (Å²) in [4.78, 5) is 12.0. The van der Waals surface area contributed by atoms with Crippen molar-refractivity contribution in [2.45, 2.75) is 25.3 Å². The van der Waals surface area contributed by atoms with Crippen LogP contribution in [0.2, 0.25) is 0 Å². The van der Waals surface area contributed by atoms with Crippen LogP contribution in [0.15, 0.2) is 41.1 Å². The number of H-pyrrole nitrogens is 1. The summed E-state index contributed by atoms with van der Waals surface area (Å²) in [5.74, 6) is 1.64. The predicted molar refractivity (Wildman–Crippen MR) is 122 cm³/mol. The molecule has 8 nitrogen and oxygen atoms in total. The average molecular weight is 501 g/mol. The molecule has 0 amide bonds. The number of fused-ring (bicyclic) bond motifs is 1. The van der Waals surface area contributed by atoms with E-state index in [2.05, 4.69) is 42.9 Å². The lowest BCUT2D eigenvalue weighted by Crippen LogP contribution is -2.40. The summed E-state index contributed by atoms with van der Waals surface area (Å²) in [6, 6.07) is 6.92. The van der Waals surface area contributed by atoms with Crippen LogP contribution in [0.5, 0.6) is 11.5 Å². The molecule has 0 unspecified atom stereocenters. The zero-order valence-electron chi connectivity index (χ0n) is 17.9. The molecule has 1 N–H and O–H groups in total. The highest BCUT2D eigenvalue weighted by molar-refractivity contribution is 9.10. The SMILES string of the molecule is COc1ccc(-n2nccn2)c(N2CCC[C@@]2(C)c2nc3cc(Br)c(F)cc3[nH]2)c1OC. The summed E-state index contributed by atoms with van der Waals surface area (Å²) in [7, 11) is 3.23. The maximum Gasteiger partial charge on any atom is 0.186 e. The third-order valence-electron chi connectivity index (χ3n) is 6.08. The van der Waals surface area contributed by atoms with Crippen LogP contribution in [0, 0.1) is 5.82 Å². The van der Waals surface area contributed by atoms with E-state index in [4.69, 9.17) is 14.5 Å². The van der Waals surface area contributed by atoms with Gasteiger partial charge in [0.05, 0.1) is 47.7 Å². The molecule has 0 radical (unpaired) electrons. The molecular formula is C22H22BrFN6O2. The average Bonchev–Trinajstić information content (AvgIpc) is 3.53. The summed E-state index contributed by atoms with van der Waals surface area (Å²) < 4.78 is 25.9. The van der Waals surface area contributed by atoms with Gasteiger partial charge in [-0.2, -0.15) is 10.2 Å². The number of hydrogen-bond donors (Lipinski definition) is 1. The Morgan fingerprint density at radius 2 is 1.94 bits per heavy atom. The molecule has 0 aliphatic carbocycles. The molecule has 1 atom stereocenters. The van der Waals surface area contributed by atoms with Gasteiger partial charge in [0, 0.05) is 12.6 Å². The molecule has 0 bridgehead atoms. The molecule has 3 heterocycles. The Labute approximate surface area is 192 Å². The number of imidazole rings is 1. The number of hydrogen-bond acceptors (Lipinski definition) is 6. The van der Waals surface area contributed by atoms with Gasteiger partial charge in [0.1, 0.15) is 23.0 Å². The van der Waals surface area contributed by atoms with Gasteiger partial charge in [0.25, 0.3) is 0 Å². The number of rotatable bonds is 5. The summed E-state index contributed by atoms with van der Waals surface area (Å²) in [6.07, 6.45) is 5.06. The number of aromatic nitrogens is 5. The van der Waals surface area contributed by atoms with Gasteiger partial charge in [-0.15, -0.1) is 4.80 Å². The molecule has 0 saturated carbocycles. The van der Waals surface area contributed by atoms with E-state index in [-0.39, 0.29) is 5.82 Å². The Morgan fingerprint density at radius 3 is 2.66 bits per heavy atom. The highest BCUT2D eigenvalue weighted by Gasteiger charge is 2.43. The van der Waals surface area contributed by atoms with Crippen LogP contribution < -0.4 is 14.4 Å². The Hall–Kier alpha value is -3.14. The van der Waals surface area contributed by atoms with Gasteiger partial charge in [0.15, 0.2) is 11.5 Å². The minimum absolute atomic E-state index is 0.331. The second kappa shape index (κ2) is 7.77. The summed E-state index contributed by atoms with van der Waals surface area (Å²) in [5, 5.41) is 8.67. The van der Waals surface area contributed by atoms with Crippen LogP contribution in [-0.4, -0.2) is 45.7 Å². The molecule has 5 rings (SSSR count). The van der Waals surface area contributed by atoms with Gasteiger partial charge < -0.3 is 19.4 Å². The van der Waals surface area contributed by atoms with Crippen LogP contribution in [0.1, 0.15) is 25.6 Å². The van der Waals surface area contributed by atoms with Gasteiger partial charge in [-0.05, 0) is 53.9 Å². The van der Waals surface area contributed by atoms with E-state index in [1.165, 1.54) is 6.07 Å². The lowest BCUT2D eigenvalue weighted by molar-refractivity contribution is 0.352. The van der Waals surface area contributed by atoms with Crippen molar-refractivity contribution in [2.75, 3.05) is 25.7 Å². The molecule has 2 aromatic heterocycles. The molecule has 1 saturated heterocycles. The van der Waals surface area contributed by atoms with Gasteiger partial charge in [-0.3, -0.25) is 0 Å². The smallest absolute Gasteiger partial charge is 0.186 e. The maximum absolute atomic E-state index is 14.1. The predicted octanol–water partition coefficient (Wildman–Crippen LogP) is 4.58. The van der Waals surface area contributed by atoms with Crippen molar-refractivity contribution in [1.82, 2.24) is 25.0 Å². The van der Waals surface area contributed by atoms with Crippen molar-refractivity contribution in [3.8, 4) is 17.2 Å². The second-order valence-corrected chi connectivity index (χ2v) is 8.74. The summed E-state index contributed by atoms with van der Waals surface area (Å²) in [6.45, 7) is 2.89. The highest BCUT2D eigenvalue weighted by Crippen LogP contribution is 2.49. The fraction of sp³-hybridized carbons (Fsp3) is 0.318. The van der Waals surface area contributed by atoms with Crippen molar-refractivity contribution in [1.29, 1.82) is 0 Å².